The van der Waals surface area contributed by atoms with E-state index in [1.165, 1.54) is 0 Å². The van der Waals surface area contributed by atoms with E-state index in [-0.39, 0.29) is 38.7 Å². The van der Waals surface area contributed by atoms with Crippen molar-refractivity contribution in [2.75, 3.05) is 0 Å². The zero-order chi connectivity index (χ0) is 19.9. The summed E-state index contributed by atoms with van der Waals surface area (Å²) in [7, 11) is 0. The van der Waals surface area contributed by atoms with Gasteiger partial charge in [0.15, 0.2) is 5.75 Å². The maximum Gasteiger partial charge on any atom is 0.315 e. The SMILES string of the molecule is Cc1c(Cl)c(CO)nc(Cl)c1-c1noc(-c2cc(O)c(O)c([N+](=O)[O-])c2)n1. The number of hydrogen-bond acceptors (Lipinski definition) is 9. The Kier molecular flexibility index (Phi) is 4.87. The van der Waals surface area contributed by atoms with Gasteiger partial charge in [0.2, 0.25) is 11.6 Å². The molecule has 2 aromatic heterocycles. The molecule has 0 radical (unpaired) electrons. The number of phenolic OH excluding ortho intramolecular Hbond substituents is 2. The number of benzene rings is 1. The van der Waals surface area contributed by atoms with Crippen LogP contribution >= 0.6 is 23.2 Å². The minimum Gasteiger partial charge on any atom is -0.504 e. The minimum atomic E-state index is -0.877. The molecule has 10 nitrogen and oxygen atoms in total. The summed E-state index contributed by atoms with van der Waals surface area (Å²) in [5.41, 5.74) is 0.177. The highest BCUT2D eigenvalue weighted by Gasteiger charge is 2.24. The third kappa shape index (κ3) is 3.25. The van der Waals surface area contributed by atoms with E-state index < -0.39 is 28.7 Å². The fourth-order valence-electron chi connectivity index (χ4n) is 2.38. The molecule has 0 aliphatic heterocycles. The second-order valence-corrected chi connectivity index (χ2v) is 6.10. The van der Waals surface area contributed by atoms with Crippen molar-refractivity contribution in [1.29, 1.82) is 0 Å². The summed E-state index contributed by atoms with van der Waals surface area (Å²) in [5.74, 6) is -1.76. The number of hydrogen-bond donors (Lipinski definition) is 3. The van der Waals surface area contributed by atoms with Gasteiger partial charge in [0.05, 0.1) is 33.4 Å². The highest BCUT2D eigenvalue weighted by molar-refractivity contribution is 6.35. The van der Waals surface area contributed by atoms with Gasteiger partial charge in [-0.25, -0.2) is 4.98 Å². The van der Waals surface area contributed by atoms with Gasteiger partial charge in [-0.3, -0.25) is 10.1 Å². The van der Waals surface area contributed by atoms with Crippen molar-refractivity contribution in [2.24, 2.45) is 0 Å². The number of nitro benzene ring substituents is 1. The highest BCUT2D eigenvalue weighted by Crippen LogP contribution is 2.40. The van der Waals surface area contributed by atoms with E-state index >= 15 is 0 Å². The molecular weight excluding hydrogens is 403 g/mol. The van der Waals surface area contributed by atoms with Crippen LogP contribution < -0.4 is 0 Å². The van der Waals surface area contributed by atoms with Crippen LogP contribution in [0.3, 0.4) is 0 Å². The maximum atomic E-state index is 11.0. The second kappa shape index (κ2) is 6.99. The zero-order valence-electron chi connectivity index (χ0n) is 13.5. The highest BCUT2D eigenvalue weighted by atomic mass is 35.5. The van der Waals surface area contributed by atoms with Gasteiger partial charge < -0.3 is 19.8 Å². The third-order valence-corrected chi connectivity index (χ3v) is 4.48. The van der Waals surface area contributed by atoms with Crippen LogP contribution in [0.1, 0.15) is 11.3 Å². The Balaban J connectivity index is 2.12. The smallest absolute Gasteiger partial charge is 0.315 e. The summed E-state index contributed by atoms with van der Waals surface area (Å²) in [6.07, 6.45) is 0. The van der Waals surface area contributed by atoms with Gasteiger partial charge in [0.25, 0.3) is 5.89 Å². The Morgan fingerprint density at radius 2 is 1.96 bits per heavy atom. The Labute approximate surface area is 160 Å². The van der Waals surface area contributed by atoms with Gasteiger partial charge in [0.1, 0.15) is 5.15 Å². The van der Waals surface area contributed by atoms with E-state index in [1.807, 2.05) is 0 Å². The number of rotatable bonds is 4. The molecule has 0 aliphatic rings. The van der Waals surface area contributed by atoms with E-state index in [2.05, 4.69) is 15.1 Å². The van der Waals surface area contributed by atoms with Crippen molar-refractivity contribution < 1.29 is 24.8 Å². The standard InChI is InChI=1S/C15H10Cl2N4O6/c1-5-10(13(17)18-7(4-22)11(5)16)14-19-15(27-20-14)6-2-8(21(25)26)12(24)9(23)3-6/h2-3,22-24H,4H2,1H3. The van der Waals surface area contributed by atoms with E-state index in [9.17, 15) is 25.4 Å². The van der Waals surface area contributed by atoms with Crippen LogP contribution in [0.5, 0.6) is 11.5 Å². The molecule has 0 atom stereocenters. The number of halogens is 2. The number of pyridine rings is 1. The normalized spacial score (nSPS) is 11.0. The molecule has 2 heterocycles. The second-order valence-electron chi connectivity index (χ2n) is 5.36. The lowest BCUT2D eigenvalue weighted by atomic mass is 10.1. The minimum absolute atomic E-state index is 0.00149. The average Bonchev–Trinajstić information content (AvgIpc) is 3.09. The molecule has 0 bridgehead atoms. The first-order valence-corrected chi connectivity index (χ1v) is 8.00. The number of aliphatic hydroxyl groups is 1. The van der Waals surface area contributed by atoms with Crippen LogP contribution in [0.15, 0.2) is 16.7 Å². The van der Waals surface area contributed by atoms with Crippen molar-refractivity contribution in [3.8, 4) is 34.3 Å². The molecule has 12 heteroatoms. The molecule has 3 rings (SSSR count). The summed E-state index contributed by atoms with van der Waals surface area (Å²) < 4.78 is 5.09. The largest absolute Gasteiger partial charge is 0.504 e. The molecule has 0 saturated carbocycles. The maximum absolute atomic E-state index is 11.0. The molecule has 0 aliphatic carbocycles. The molecule has 0 saturated heterocycles. The van der Waals surface area contributed by atoms with Crippen LogP contribution in [0.2, 0.25) is 10.2 Å². The van der Waals surface area contributed by atoms with E-state index in [0.29, 0.717) is 5.56 Å². The third-order valence-electron chi connectivity index (χ3n) is 3.71. The van der Waals surface area contributed by atoms with Gasteiger partial charge >= 0.3 is 5.69 Å². The van der Waals surface area contributed by atoms with Gasteiger partial charge in [-0.05, 0) is 18.6 Å². The topological polar surface area (TPSA) is 156 Å². The summed E-state index contributed by atoms with van der Waals surface area (Å²) in [6, 6.07) is 2.01. The van der Waals surface area contributed by atoms with Crippen molar-refractivity contribution in [2.45, 2.75) is 13.5 Å². The Morgan fingerprint density at radius 3 is 2.59 bits per heavy atom. The molecule has 27 heavy (non-hydrogen) atoms. The predicted molar refractivity (Wildman–Crippen MR) is 93.6 cm³/mol. The van der Waals surface area contributed by atoms with Crippen LogP contribution in [0, 0.1) is 17.0 Å². The summed E-state index contributed by atoms with van der Waals surface area (Å²) >= 11 is 12.3. The number of nitro groups is 1. The molecular formula is C15H10Cl2N4O6. The van der Waals surface area contributed by atoms with Gasteiger partial charge in [0, 0.05) is 6.07 Å². The van der Waals surface area contributed by atoms with Crippen molar-refractivity contribution >= 4 is 28.9 Å². The van der Waals surface area contributed by atoms with Crippen molar-refractivity contribution in [3.05, 3.63) is 43.7 Å². The van der Waals surface area contributed by atoms with Crippen molar-refractivity contribution in [3.63, 3.8) is 0 Å². The predicted octanol–water partition coefficient (Wildman–Crippen LogP) is 3.23. The number of aromatic nitrogens is 3. The van der Waals surface area contributed by atoms with E-state index in [1.54, 1.807) is 6.92 Å². The molecule has 140 valence electrons. The molecule has 0 unspecified atom stereocenters. The van der Waals surface area contributed by atoms with Crippen LogP contribution in [0.25, 0.3) is 22.8 Å². The van der Waals surface area contributed by atoms with Gasteiger partial charge in [-0.1, -0.05) is 28.4 Å². The number of aliphatic hydroxyl groups excluding tert-OH is 1. The van der Waals surface area contributed by atoms with E-state index in [0.717, 1.165) is 12.1 Å². The molecule has 1 aromatic carbocycles. The Hall–Kier alpha value is -2.95. The summed E-state index contributed by atoms with van der Waals surface area (Å²) in [5, 5.41) is 43.4. The fraction of sp³-hybridized carbons (Fsp3) is 0.133. The summed E-state index contributed by atoms with van der Waals surface area (Å²) in [4.78, 5) is 18.2. The van der Waals surface area contributed by atoms with Gasteiger partial charge in [-0.15, -0.1) is 0 Å². The molecule has 0 fully saturated rings. The zero-order valence-corrected chi connectivity index (χ0v) is 15.0. The Morgan fingerprint density at radius 1 is 1.26 bits per heavy atom. The molecule has 0 amide bonds. The molecule has 0 spiro atoms. The van der Waals surface area contributed by atoms with Crippen molar-refractivity contribution in [1.82, 2.24) is 15.1 Å². The number of aromatic hydroxyl groups is 2. The Bertz CT molecular complexity index is 1070. The van der Waals surface area contributed by atoms with Gasteiger partial charge in [-0.2, -0.15) is 4.98 Å². The first-order chi connectivity index (χ1) is 12.7. The number of phenols is 2. The summed E-state index contributed by atoms with van der Waals surface area (Å²) in [6.45, 7) is 1.21. The lowest BCUT2D eigenvalue weighted by Gasteiger charge is -2.09. The molecule has 3 aromatic rings. The van der Waals surface area contributed by atoms with Crippen LogP contribution in [-0.2, 0) is 6.61 Å². The molecule has 3 N–H and O–H groups in total. The lowest BCUT2D eigenvalue weighted by Crippen LogP contribution is -1.98. The quantitative estimate of drug-likeness (QED) is 0.253. The monoisotopic (exact) mass is 412 g/mol. The fourth-order valence-corrected chi connectivity index (χ4v) is 2.90. The van der Waals surface area contributed by atoms with E-state index in [4.69, 9.17) is 27.7 Å². The average molecular weight is 413 g/mol. The van der Waals surface area contributed by atoms with Crippen LogP contribution in [0.4, 0.5) is 5.69 Å². The lowest BCUT2D eigenvalue weighted by molar-refractivity contribution is -0.385. The first-order valence-electron chi connectivity index (χ1n) is 7.24. The van der Waals surface area contributed by atoms with Crippen LogP contribution in [-0.4, -0.2) is 35.4 Å². The number of nitrogens with zero attached hydrogens (tertiary/aromatic N) is 4. The first kappa shape index (κ1) is 18.8.